The summed E-state index contributed by atoms with van der Waals surface area (Å²) in [7, 11) is 1.57. The molecule has 0 N–H and O–H groups in total. The Morgan fingerprint density at radius 2 is 2.37 bits per heavy atom. The van der Waals surface area contributed by atoms with Crippen molar-refractivity contribution in [1.29, 1.82) is 0 Å². The second-order valence-electron chi connectivity index (χ2n) is 4.28. The highest BCUT2D eigenvalue weighted by molar-refractivity contribution is 14.1. The zero-order chi connectivity index (χ0) is 13.7. The lowest BCUT2D eigenvalue weighted by molar-refractivity contribution is -0.0302. The lowest BCUT2D eigenvalue weighted by Crippen LogP contribution is -2.26. The maximum Gasteiger partial charge on any atom is 0.357 e. The van der Waals surface area contributed by atoms with Crippen LogP contribution in [0.5, 0.6) is 5.75 Å². The standard InChI is InChI=1S/C13H16INO4/c1-17-11-6-5-10(15-12(11)14)13(16)19-8-9-4-2-3-7-18-9/h5-6,9H,2-4,7-8H2,1H3/t9-/m0/s1. The molecular weight excluding hydrogens is 361 g/mol. The molecule has 0 aromatic carbocycles. The van der Waals surface area contributed by atoms with Crippen LogP contribution in [0.3, 0.4) is 0 Å². The Kier molecular flexibility index (Phi) is 5.38. The van der Waals surface area contributed by atoms with Gasteiger partial charge in [-0.1, -0.05) is 0 Å². The molecule has 6 heteroatoms. The summed E-state index contributed by atoms with van der Waals surface area (Å²) in [6.45, 7) is 1.05. The van der Waals surface area contributed by atoms with Gasteiger partial charge in [0, 0.05) is 6.61 Å². The topological polar surface area (TPSA) is 57.7 Å². The third kappa shape index (κ3) is 4.04. The number of halogens is 1. The summed E-state index contributed by atoms with van der Waals surface area (Å²) in [4.78, 5) is 16.0. The predicted octanol–water partition coefficient (Wildman–Crippen LogP) is 2.42. The number of esters is 1. The van der Waals surface area contributed by atoms with Crippen LogP contribution in [0.15, 0.2) is 12.1 Å². The number of carbonyl (C=O) groups excluding carboxylic acids is 1. The average molecular weight is 377 g/mol. The molecule has 0 radical (unpaired) electrons. The van der Waals surface area contributed by atoms with E-state index in [1.165, 1.54) is 0 Å². The summed E-state index contributed by atoms with van der Waals surface area (Å²) in [5.74, 6) is 0.225. The van der Waals surface area contributed by atoms with Gasteiger partial charge in [-0.3, -0.25) is 0 Å². The number of pyridine rings is 1. The van der Waals surface area contributed by atoms with Gasteiger partial charge < -0.3 is 14.2 Å². The van der Waals surface area contributed by atoms with Gasteiger partial charge in [-0.25, -0.2) is 9.78 Å². The molecule has 1 aliphatic rings. The van der Waals surface area contributed by atoms with Crippen molar-refractivity contribution in [2.75, 3.05) is 20.3 Å². The maximum atomic E-state index is 11.9. The van der Waals surface area contributed by atoms with Crippen LogP contribution >= 0.6 is 22.6 Å². The molecule has 0 bridgehead atoms. The number of carbonyl (C=O) groups is 1. The zero-order valence-electron chi connectivity index (χ0n) is 10.7. The third-order valence-electron chi connectivity index (χ3n) is 2.92. The minimum Gasteiger partial charge on any atom is -0.494 e. The van der Waals surface area contributed by atoms with E-state index in [0.717, 1.165) is 25.9 Å². The van der Waals surface area contributed by atoms with Gasteiger partial charge in [0.1, 0.15) is 16.0 Å². The van der Waals surface area contributed by atoms with Gasteiger partial charge in [0.25, 0.3) is 0 Å². The number of ether oxygens (including phenoxy) is 3. The van der Waals surface area contributed by atoms with E-state index in [2.05, 4.69) is 4.98 Å². The molecule has 1 aromatic rings. The molecule has 2 heterocycles. The minimum absolute atomic E-state index is 0.0232. The summed E-state index contributed by atoms with van der Waals surface area (Å²) < 4.78 is 16.5. The van der Waals surface area contributed by atoms with Crippen molar-refractivity contribution in [3.8, 4) is 5.75 Å². The Balaban J connectivity index is 1.90. The van der Waals surface area contributed by atoms with E-state index < -0.39 is 5.97 Å². The number of aromatic nitrogens is 1. The van der Waals surface area contributed by atoms with E-state index >= 15 is 0 Å². The highest BCUT2D eigenvalue weighted by Gasteiger charge is 2.18. The molecule has 0 aliphatic carbocycles. The Bertz CT molecular complexity index is 446. The van der Waals surface area contributed by atoms with Gasteiger partial charge in [0.2, 0.25) is 0 Å². The van der Waals surface area contributed by atoms with Crippen LogP contribution in [0.2, 0.25) is 0 Å². The van der Waals surface area contributed by atoms with Crippen LogP contribution in [0.25, 0.3) is 0 Å². The first-order valence-corrected chi connectivity index (χ1v) is 7.28. The van der Waals surface area contributed by atoms with E-state index in [1.54, 1.807) is 19.2 Å². The van der Waals surface area contributed by atoms with Crippen molar-refractivity contribution in [3.63, 3.8) is 0 Å². The van der Waals surface area contributed by atoms with Crippen molar-refractivity contribution >= 4 is 28.6 Å². The van der Waals surface area contributed by atoms with E-state index in [9.17, 15) is 4.79 Å². The normalized spacial score (nSPS) is 18.9. The van der Waals surface area contributed by atoms with Gasteiger partial charge >= 0.3 is 5.97 Å². The molecule has 0 spiro atoms. The lowest BCUT2D eigenvalue weighted by Gasteiger charge is -2.21. The van der Waals surface area contributed by atoms with E-state index in [1.807, 2.05) is 22.6 Å². The molecule has 1 aromatic heterocycles. The summed E-state index contributed by atoms with van der Waals surface area (Å²) >= 11 is 2.02. The average Bonchev–Trinajstić information content (AvgIpc) is 2.45. The lowest BCUT2D eigenvalue weighted by atomic mass is 10.1. The third-order valence-corrected chi connectivity index (χ3v) is 3.69. The fraction of sp³-hybridized carbons (Fsp3) is 0.538. The molecule has 0 unspecified atom stereocenters. The second kappa shape index (κ2) is 7.04. The number of hydrogen-bond donors (Lipinski definition) is 0. The maximum absolute atomic E-state index is 11.9. The monoisotopic (exact) mass is 377 g/mol. The molecule has 104 valence electrons. The van der Waals surface area contributed by atoms with Crippen LogP contribution in [0.1, 0.15) is 29.8 Å². The summed E-state index contributed by atoms with van der Waals surface area (Å²) in [6, 6.07) is 3.31. The quantitative estimate of drug-likeness (QED) is 0.458. The van der Waals surface area contributed by atoms with Crippen molar-refractivity contribution in [3.05, 3.63) is 21.5 Å². The molecule has 1 aliphatic heterocycles. The van der Waals surface area contributed by atoms with E-state index in [0.29, 0.717) is 21.8 Å². The van der Waals surface area contributed by atoms with Crippen LogP contribution in [0.4, 0.5) is 0 Å². The SMILES string of the molecule is COc1ccc(C(=O)OC[C@@H]2CCCCO2)nc1I. The van der Waals surface area contributed by atoms with Crippen LogP contribution in [0, 0.1) is 3.70 Å². The molecule has 2 rings (SSSR count). The smallest absolute Gasteiger partial charge is 0.357 e. The first-order valence-electron chi connectivity index (χ1n) is 6.20. The van der Waals surface area contributed by atoms with Crippen molar-refractivity contribution in [1.82, 2.24) is 4.98 Å². The van der Waals surface area contributed by atoms with Crippen molar-refractivity contribution < 1.29 is 19.0 Å². The molecule has 5 nitrogen and oxygen atoms in total. The summed E-state index contributed by atoms with van der Waals surface area (Å²) in [6.07, 6.45) is 3.18. The fourth-order valence-corrected chi connectivity index (χ4v) is 2.53. The molecule has 0 saturated carbocycles. The molecule has 1 saturated heterocycles. The Morgan fingerprint density at radius 3 is 3.00 bits per heavy atom. The van der Waals surface area contributed by atoms with Gasteiger partial charge in [-0.15, -0.1) is 0 Å². The highest BCUT2D eigenvalue weighted by Crippen LogP contribution is 2.19. The van der Waals surface area contributed by atoms with E-state index in [4.69, 9.17) is 14.2 Å². The zero-order valence-corrected chi connectivity index (χ0v) is 12.9. The minimum atomic E-state index is -0.422. The van der Waals surface area contributed by atoms with Crippen molar-refractivity contribution in [2.45, 2.75) is 25.4 Å². The van der Waals surface area contributed by atoms with Gasteiger partial charge in [-0.05, 0) is 54.0 Å². The fourth-order valence-electron chi connectivity index (χ4n) is 1.87. The summed E-state index contributed by atoms with van der Waals surface area (Å²) in [5, 5.41) is 0. The molecule has 1 atom stereocenters. The van der Waals surface area contributed by atoms with Gasteiger partial charge in [-0.2, -0.15) is 0 Å². The number of nitrogens with zero attached hydrogens (tertiary/aromatic N) is 1. The van der Waals surface area contributed by atoms with Crippen LogP contribution in [-0.4, -0.2) is 37.4 Å². The van der Waals surface area contributed by atoms with Crippen LogP contribution in [-0.2, 0) is 9.47 Å². The van der Waals surface area contributed by atoms with Gasteiger partial charge in [0.05, 0.1) is 13.2 Å². The Morgan fingerprint density at radius 1 is 1.53 bits per heavy atom. The van der Waals surface area contributed by atoms with Crippen LogP contribution < -0.4 is 4.74 Å². The molecular formula is C13H16INO4. The first-order chi connectivity index (χ1) is 9.20. The Hall–Kier alpha value is -0.890. The largest absolute Gasteiger partial charge is 0.494 e. The molecule has 19 heavy (non-hydrogen) atoms. The Labute approximate surface area is 125 Å². The highest BCUT2D eigenvalue weighted by atomic mass is 127. The number of methoxy groups -OCH3 is 1. The summed E-state index contributed by atoms with van der Waals surface area (Å²) in [5.41, 5.74) is 0.293. The number of rotatable bonds is 4. The molecule has 1 fully saturated rings. The second-order valence-corrected chi connectivity index (χ2v) is 5.30. The van der Waals surface area contributed by atoms with E-state index in [-0.39, 0.29) is 6.10 Å². The van der Waals surface area contributed by atoms with Crippen molar-refractivity contribution in [2.24, 2.45) is 0 Å². The predicted molar refractivity (Wildman–Crippen MR) is 77.4 cm³/mol. The first kappa shape index (κ1) is 14.5. The van der Waals surface area contributed by atoms with Gasteiger partial charge in [0.15, 0.2) is 5.75 Å². The molecule has 0 amide bonds. The number of hydrogen-bond acceptors (Lipinski definition) is 5.